The van der Waals surface area contributed by atoms with Gasteiger partial charge in [-0.3, -0.25) is 4.79 Å². The maximum atomic E-state index is 12.0. The minimum absolute atomic E-state index is 0.0213. The molecule has 25 heavy (non-hydrogen) atoms. The quantitative estimate of drug-likeness (QED) is 0.542. The van der Waals surface area contributed by atoms with Crippen molar-refractivity contribution in [2.45, 2.75) is 13.3 Å². The van der Waals surface area contributed by atoms with E-state index in [1.807, 2.05) is 13.0 Å². The molecule has 2 aromatic carbocycles. The molecule has 0 unspecified atom stereocenters. The second-order valence-electron chi connectivity index (χ2n) is 5.13. The Kier molecular flexibility index (Phi) is 6.82. The highest BCUT2D eigenvalue weighted by molar-refractivity contribution is 9.10. The molecule has 0 bridgehead atoms. The maximum Gasteiger partial charge on any atom is 0.271 e. The van der Waals surface area contributed by atoms with Gasteiger partial charge in [0.05, 0.1) is 24.4 Å². The first-order valence-electron chi connectivity index (χ1n) is 7.68. The van der Waals surface area contributed by atoms with Crippen LogP contribution in [-0.2, 0) is 0 Å². The van der Waals surface area contributed by atoms with Gasteiger partial charge in [0, 0.05) is 5.56 Å². The van der Waals surface area contributed by atoms with Gasteiger partial charge in [-0.2, -0.15) is 5.10 Å². The molecule has 2 N–H and O–H groups in total. The van der Waals surface area contributed by atoms with Crippen LogP contribution in [0.25, 0.3) is 0 Å². The number of hydrazone groups is 1. The van der Waals surface area contributed by atoms with Gasteiger partial charge in [0.25, 0.3) is 5.91 Å². The molecule has 0 aliphatic heterocycles. The van der Waals surface area contributed by atoms with Crippen molar-refractivity contribution in [1.29, 1.82) is 0 Å². The van der Waals surface area contributed by atoms with E-state index in [0.717, 1.165) is 16.5 Å². The molecule has 0 aliphatic carbocycles. The van der Waals surface area contributed by atoms with Crippen LogP contribution in [-0.4, -0.2) is 30.9 Å². The van der Waals surface area contributed by atoms with E-state index in [2.05, 4.69) is 26.5 Å². The zero-order chi connectivity index (χ0) is 18.2. The molecule has 0 atom stereocenters. The Balaban J connectivity index is 2.10. The van der Waals surface area contributed by atoms with Crippen LogP contribution in [0.1, 0.15) is 29.3 Å². The lowest BCUT2D eigenvalue weighted by Crippen LogP contribution is -2.17. The van der Waals surface area contributed by atoms with E-state index < -0.39 is 5.91 Å². The van der Waals surface area contributed by atoms with Gasteiger partial charge in [-0.05, 0) is 58.2 Å². The average Bonchev–Trinajstić information content (AvgIpc) is 2.60. The van der Waals surface area contributed by atoms with E-state index in [0.29, 0.717) is 23.7 Å². The molecule has 0 radical (unpaired) electrons. The lowest BCUT2D eigenvalue weighted by molar-refractivity contribution is 0.0954. The largest absolute Gasteiger partial charge is 0.508 e. The molecule has 2 aromatic rings. The molecule has 0 spiro atoms. The summed E-state index contributed by atoms with van der Waals surface area (Å²) in [5.41, 5.74) is 3.46. The third-order valence-corrected chi connectivity index (χ3v) is 3.78. The normalized spacial score (nSPS) is 10.7. The van der Waals surface area contributed by atoms with E-state index in [4.69, 9.17) is 9.47 Å². The van der Waals surface area contributed by atoms with Crippen molar-refractivity contribution in [1.82, 2.24) is 5.43 Å². The van der Waals surface area contributed by atoms with Gasteiger partial charge in [-0.15, -0.1) is 0 Å². The number of ether oxygens (including phenoxy) is 2. The third-order valence-electron chi connectivity index (χ3n) is 3.19. The fourth-order valence-electron chi connectivity index (χ4n) is 2.04. The van der Waals surface area contributed by atoms with E-state index in [9.17, 15) is 9.90 Å². The predicted octanol–water partition coefficient (Wildman–Crippen LogP) is 3.72. The molecule has 0 heterocycles. The van der Waals surface area contributed by atoms with Crippen molar-refractivity contribution < 1.29 is 19.4 Å². The number of aromatic hydroxyl groups is 1. The van der Waals surface area contributed by atoms with E-state index in [-0.39, 0.29) is 5.75 Å². The van der Waals surface area contributed by atoms with Crippen LogP contribution >= 0.6 is 15.9 Å². The van der Waals surface area contributed by atoms with Crippen LogP contribution < -0.4 is 14.9 Å². The number of nitrogens with one attached hydrogen (secondary N) is 1. The number of hydrogen-bond acceptors (Lipinski definition) is 5. The van der Waals surface area contributed by atoms with Crippen LogP contribution in [0.2, 0.25) is 0 Å². The Bertz CT molecular complexity index is 778. The summed E-state index contributed by atoms with van der Waals surface area (Å²) >= 11 is 3.45. The van der Waals surface area contributed by atoms with Gasteiger partial charge in [0.1, 0.15) is 5.75 Å². The molecule has 2 rings (SSSR count). The number of methoxy groups -OCH3 is 1. The third kappa shape index (κ3) is 5.22. The Morgan fingerprint density at radius 2 is 2.16 bits per heavy atom. The van der Waals surface area contributed by atoms with Crippen LogP contribution in [0, 0.1) is 0 Å². The number of nitrogens with zero attached hydrogens (tertiary/aromatic N) is 1. The van der Waals surface area contributed by atoms with Crippen LogP contribution in [0.4, 0.5) is 0 Å². The first kappa shape index (κ1) is 18.8. The van der Waals surface area contributed by atoms with Gasteiger partial charge in [-0.25, -0.2) is 5.43 Å². The number of halogens is 1. The van der Waals surface area contributed by atoms with Crippen molar-refractivity contribution in [3.8, 4) is 17.2 Å². The Labute approximate surface area is 154 Å². The van der Waals surface area contributed by atoms with Gasteiger partial charge in [0.15, 0.2) is 11.5 Å². The second kappa shape index (κ2) is 9.08. The molecule has 132 valence electrons. The van der Waals surface area contributed by atoms with Gasteiger partial charge < -0.3 is 14.6 Å². The summed E-state index contributed by atoms with van der Waals surface area (Å²) in [6.07, 6.45) is 2.39. The van der Waals surface area contributed by atoms with E-state index in [1.165, 1.54) is 18.3 Å². The first-order chi connectivity index (χ1) is 12.0. The summed E-state index contributed by atoms with van der Waals surface area (Å²) in [6, 6.07) is 9.61. The fourth-order valence-corrected chi connectivity index (χ4v) is 2.61. The summed E-state index contributed by atoms with van der Waals surface area (Å²) < 4.78 is 11.7. The summed E-state index contributed by atoms with van der Waals surface area (Å²) in [6.45, 7) is 2.61. The SMILES string of the molecule is CCCOc1c(Br)cc(/C=N/NC(=O)c2cccc(O)c2)cc1OC. The minimum atomic E-state index is -0.416. The number of amides is 1. The molecule has 1 amide bonds. The predicted molar refractivity (Wildman–Crippen MR) is 99.6 cm³/mol. The Morgan fingerprint density at radius 1 is 1.36 bits per heavy atom. The Morgan fingerprint density at radius 3 is 2.84 bits per heavy atom. The summed E-state index contributed by atoms with van der Waals surface area (Å²) in [5, 5.41) is 13.3. The highest BCUT2D eigenvalue weighted by Crippen LogP contribution is 2.36. The molecular formula is C18H19BrN2O4. The smallest absolute Gasteiger partial charge is 0.271 e. The number of carbonyl (C=O) groups excluding carboxylic acids is 1. The second-order valence-corrected chi connectivity index (χ2v) is 5.99. The zero-order valence-corrected chi connectivity index (χ0v) is 15.5. The van der Waals surface area contributed by atoms with Gasteiger partial charge in [0.2, 0.25) is 0 Å². The van der Waals surface area contributed by atoms with Crippen LogP contribution in [0.5, 0.6) is 17.2 Å². The lowest BCUT2D eigenvalue weighted by atomic mass is 10.2. The number of rotatable bonds is 7. The molecule has 0 fully saturated rings. The maximum absolute atomic E-state index is 12.0. The minimum Gasteiger partial charge on any atom is -0.508 e. The highest BCUT2D eigenvalue weighted by atomic mass is 79.9. The van der Waals surface area contributed by atoms with E-state index >= 15 is 0 Å². The lowest BCUT2D eigenvalue weighted by Gasteiger charge is -2.12. The first-order valence-corrected chi connectivity index (χ1v) is 8.47. The number of phenolic OH excluding ortho intramolecular Hbond substituents is 1. The summed E-state index contributed by atoms with van der Waals surface area (Å²) in [4.78, 5) is 12.0. The van der Waals surface area contributed by atoms with Crippen molar-refractivity contribution in [3.05, 3.63) is 52.0 Å². The monoisotopic (exact) mass is 406 g/mol. The Hall–Kier alpha value is -2.54. The summed E-state index contributed by atoms with van der Waals surface area (Å²) in [5.74, 6) is 0.808. The molecule has 0 aliphatic rings. The standard InChI is InChI=1S/C18H19BrN2O4/c1-3-7-25-17-15(19)8-12(9-16(17)24-2)11-20-21-18(23)13-5-4-6-14(22)10-13/h4-6,8-11,22H,3,7H2,1-2H3,(H,21,23)/b20-11+. The van der Waals surface area contributed by atoms with Crippen molar-refractivity contribution in [3.63, 3.8) is 0 Å². The van der Waals surface area contributed by atoms with Gasteiger partial charge >= 0.3 is 0 Å². The van der Waals surface area contributed by atoms with Crippen molar-refractivity contribution >= 4 is 28.1 Å². The number of phenols is 1. The molecular weight excluding hydrogens is 388 g/mol. The van der Waals surface area contributed by atoms with Crippen LogP contribution in [0.15, 0.2) is 46.0 Å². The van der Waals surface area contributed by atoms with Gasteiger partial charge in [-0.1, -0.05) is 13.0 Å². The number of carbonyl (C=O) groups is 1. The molecule has 0 saturated carbocycles. The zero-order valence-electron chi connectivity index (χ0n) is 14.0. The number of hydrogen-bond donors (Lipinski definition) is 2. The van der Waals surface area contributed by atoms with Crippen molar-refractivity contribution in [2.24, 2.45) is 5.10 Å². The topological polar surface area (TPSA) is 80.2 Å². The fraction of sp³-hybridized carbons (Fsp3) is 0.222. The molecule has 0 saturated heterocycles. The molecule has 7 heteroatoms. The van der Waals surface area contributed by atoms with Crippen molar-refractivity contribution in [2.75, 3.05) is 13.7 Å². The average molecular weight is 407 g/mol. The highest BCUT2D eigenvalue weighted by Gasteiger charge is 2.11. The summed E-state index contributed by atoms with van der Waals surface area (Å²) in [7, 11) is 1.56. The number of benzene rings is 2. The van der Waals surface area contributed by atoms with Crippen LogP contribution in [0.3, 0.4) is 0 Å². The molecule has 6 nitrogen and oxygen atoms in total. The van der Waals surface area contributed by atoms with E-state index in [1.54, 1.807) is 25.3 Å². The molecule has 0 aromatic heterocycles.